The van der Waals surface area contributed by atoms with Crippen molar-refractivity contribution >= 4 is 28.0 Å². The zero-order chi connectivity index (χ0) is 17.6. The fraction of sp³-hybridized carbons (Fsp3) is 0.500. The number of nitrogens with zero attached hydrogens (tertiary/aromatic N) is 1. The highest BCUT2D eigenvalue weighted by molar-refractivity contribution is 9.09. The third-order valence-corrected chi connectivity index (χ3v) is 3.33. The average Bonchev–Trinajstić information content (AvgIpc) is 2.42. The van der Waals surface area contributed by atoms with Crippen molar-refractivity contribution in [2.45, 2.75) is 38.8 Å². The number of phenolic OH excluding ortho intramolecular Hbond substituents is 1. The van der Waals surface area contributed by atoms with Gasteiger partial charge in [0.15, 0.2) is 0 Å². The Labute approximate surface area is 144 Å². The van der Waals surface area contributed by atoms with Crippen LogP contribution in [-0.4, -0.2) is 50.7 Å². The summed E-state index contributed by atoms with van der Waals surface area (Å²) < 4.78 is 5.30. The summed E-state index contributed by atoms with van der Waals surface area (Å²) >= 11 is 3.23. The van der Waals surface area contributed by atoms with Crippen molar-refractivity contribution in [3.05, 3.63) is 29.8 Å². The van der Waals surface area contributed by atoms with Crippen LogP contribution in [0.4, 0.5) is 4.79 Å². The molecule has 0 spiro atoms. The number of carbonyl (C=O) groups is 2. The molecule has 1 amide bonds. The Balaban J connectivity index is 2.99. The second kappa shape index (κ2) is 8.19. The number of aliphatic carboxylic acids is 1. The maximum absolute atomic E-state index is 12.3. The predicted octanol–water partition coefficient (Wildman–Crippen LogP) is 3.02. The molecule has 0 aliphatic carbocycles. The maximum atomic E-state index is 12.3. The minimum atomic E-state index is -1.11. The number of ether oxygens (including phenoxy) is 1. The van der Waals surface area contributed by atoms with Gasteiger partial charge in [-0.15, -0.1) is 0 Å². The molecule has 1 aromatic carbocycles. The zero-order valence-corrected chi connectivity index (χ0v) is 15.0. The first-order chi connectivity index (χ1) is 10.6. The van der Waals surface area contributed by atoms with Crippen molar-refractivity contribution in [1.29, 1.82) is 0 Å². The van der Waals surface area contributed by atoms with Gasteiger partial charge in [-0.25, -0.2) is 9.59 Å². The molecule has 0 saturated heterocycles. The third-order valence-electron chi connectivity index (χ3n) is 2.98. The second-order valence-corrected chi connectivity index (χ2v) is 6.88. The number of amides is 1. The molecular weight excluding hydrogens is 366 g/mol. The number of carbonyl (C=O) groups excluding carboxylic acids is 1. The number of halogens is 1. The summed E-state index contributed by atoms with van der Waals surface area (Å²) in [7, 11) is 0. The van der Waals surface area contributed by atoms with Crippen LogP contribution >= 0.6 is 15.9 Å². The minimum absolute atomic E-state index is 0.102. The SMILES string of the molecule is CC(C)(C)OC(=O)N(CCBr)[C@@H](Cc1ccc(O)cc1)C(=O)O. The summed E-state index contributed by atoms with van der Waals surface area (Å²) in [6.45, 7) is 5.40. The van der Waals surface area contributed by atoms with E-state index in [0.29, 0.717) is 10.9 Å². The van der Waals surface area contributed by atoms with Crippen molar-refractivity contribution in [3.8, 4) is 5.75 Å². The molecule has 0 unspecified atom stereocenters. The average molecular weight is 388 g/mol. The number of alkyl halides is 1. The first kappa shape index (κ1) is 19.3. The lowest BCUT2D eigenvalue weighted by Crippen LogP contribution is -2.49. The van der Waals surface area contributed by atoms with Gasteiger partial charge in [0.1, 0.15) is 17.4 Å². The van der Waals surface area contributed by atoms with E-state index in [2.05, 4.69) is 15.9 Å². The molecule has 1 aromatic rings. The molecule has 7 heteroatoms. The molecule has 0 fully saturated rings. The Morgan fingerprint density at radius 3 is 2.26 bits per heavy atom. The third kappa shape index (κ3) is 6.48. The molecule has 2 N–H and O–H groups in total. The zero-order valence-electron chi connectivity index (χ0n) is 13.5. The van der Waals surface area contributed by atoms with Crippen LogP contribution in [0.3, 0.4) is 0 Å². The highest BCUT2D eigenvalue weighted by Crippen LogP contribution is 2.17. The monoisotopic (exact) mass is 387 g/mol. The Kier molecular flexibility index (Phi) is 6.87. The van der Waals surface area contributed by atoms with Gasteiger partial charge in [-0.1, -0.05) is 28.1 Å². The summed E-state index contributed by atoms with van der Waals surface area (Å²) in [6, 6.07) is 5.18. The van der Waals surface area contributed by atoms with E-state index in [0.717, 1.165) is 0 Å². The number of carboxylic acid groups (broad SMARTS) is 1. The molecule has 0 aliphatic rings. The lowest BCUT2D eigenvalue weighted by atomic mass is 10.0. The molecule has 0 heterocycles. The second-order valence-electron chi connectivity index (χ2n) is 6.09. The normalized spacial score (nSPS) is 12.5. The first-order valence-corrected chi connectivity index (χ1v) is 8.32. The van der Waals surface area contributed by atoms with Crippen LogP contribution in [0.5, 0.6) is 5.75 Å². The molecule has 23 heavy (non-hydrogen) atoms. The van der Waals surface area contributed by atoms with E-state index in [9.17, 15) is 19.8 Å². The molecule has 0 aromatic heterocycles. The lowest BCUT2D eigenvalue weighted by Gasteiger charge is -2.31. The van der Waals surface area contributed by atoms with Crippen molar-refractivity contribution in [2.75, 3.05) is 11.9 Å². The van der Waals surface area contributed by atoms with Crippen LogP contribution in [-0.2, 0) is 16.0 Å². The number of aromatic hydroxyl groups is 1. The number of benzene rings is 1. The summed E-state index contributed by atoms with van der Waals surface area (Å²) in [5.41, 5.74) is 0.00167. The Hall–Kier alpha value is -1.76. The fourth-order valence-corrected chi connectivity index (χ4v) is 2.35. The molecule has 6 nitrogen and oxygen atoms in total. The molecule has 0 radical (unpaired) electrons. The van der Waals surface area contributed by atoms with Gasteiger partial charge >= 0.3 is 12.1 Å². The first-order valence-electron chi connectivity index (χ1n) is 7.20. The van der Waals surface area contributed by atoms with Crippen LogP contribution in [0.15, 0.2) is 24.3 Å². The van der Waals surface area contributed by atoms with Gasteiger partial charge in [0.25, 0.3) is 0 Å². The van der Waals surface area contributed by atoms with Gasteiger partial charge in [0.05, 0.1) is 0 Å². The van der Waals surface area contributed by atoms with Crippen LogP contribution < -0.4 is 0 Å². The van der Waals surface area contributed by atoms with Crippen LogP contribution in [0, 0.1) is 0 Å². The summed E-state index contributed by atoms with van der Waals surface area (Å²) in [4.78, 5) is 25.2. The number of hydrogen-bond donors (Lipinski definition) is 2. The fourth-order valence-electron chi connectivity index (χ4n) is 1.97. The van der Waals surface area contributed by atoms with E-state index in [-0.39, 0.29) is 18.7 Å². The largest absolute Gasteiger partial charge is 0.508 e. The highest BCUT2D eigenvalue weighted by Gasteiger charge is 2.32. The molecule has 1 atom stereocenters. The summed E-state index contributed by atoms with van der Waals surface area (Å²) in [6.07, 6.45) is -0.537. The Bertz CT molecular complexity index is 538. The lowest BCUT2D eigenvalue weighted by molar-refractivity contribution is -0.143. The number of carboxylic acids is 1. The molecular formula is C16H22BrNO5. The smallest absolute Gasteiger partial charge is 0.411 e. The van der Waals surface area contributed by atoms with Gasteiger partial charge in [0.2, 0.25) is 0 Å². The van der Waals surface area contributed by atoms with E-state index in [1.165, 1.54) is 17.0 Å². The molecule has 128 valence electrons. The maximum Gasteiger partial charge on any atom is 0.411 e. The molecule has 1 rings (SSSR count). The van der Waals surface area contributed by atoms with Gasteiger partial charge in [-0.05, 0) is 38.5 Å². The summed E-state index contributed by atoms with van der Waals surface area (Å²) in [5, 5.41) is 19.3. The van der Waals surface area contributed by atoms with E-state index < -0.39 is 23.7 Å². The minimum Gasteiger partial charge on any atom is -0.508 e. The van der Waals surface area contributed by atoms with Gasteiger partial charge in [0, 0.05) is 18.3 Å². The van der Waals surface area contributed by atoms with Crippen molar-refractivity contribution in [2.24, 2.45) is 0 Å². The molecule has 0 aliphatic heterocycles. The van der Waals surface area contributed by atoms with E-state index in [4.69, 9.17) is 4.74 Å². The van der Waals surface area contributed by atoms with Gasteiger partial charge in [-0.2, -0.15) is 0 Å². The standard InChI is InChI=1S/C16H22BrNO5/c1-16(2,3)23-15(22)18(9-8-17)13(14(20)21)10-11-4-6-12(19)7-5-11/h4-7,13,19H,8-10H2,1-3H3,(H,20,21)/t13-/m0/s1. The number of hydrogen-bond acceptors (Lipinski definition) is 4. The van der Waals surface area contributed by atoms with Crippen molar-refractivity contribution < 1.29 is 24.5 Å². The van der Waals surface area contributed by atoms with Crippen LogP contribution in [0.1, 0.15) is 26.3 Å². The van der Waals surface area contributed by atoms with E-state index in [1.54, 1.807) is 32.9 Å². The number of phenols is 1. The molecule has 0 bridgehead atoms. The predicted molar refractivity (Wildman–Crippen MR) is 90.0 cm³/mol. The van der Waals surface area contributed by atoms with Crippen molar-refractivity contribution in [3.63, 3.8) is 0 Å². The van der Waals surface area contributed by atoms with Gasteiger partial charge < -0.3 is 14.9 Å². The summed E-state index contributed by atoms with van der Waals surface area (Å²) in [5.74, 6) is -1.00. The van der Waals surface area contributed by atoms with Gasteiger partial charge in [-0.3, -0.25) is 4.90 Å². The van der Waals surface area contributed by atoms with E-state index in [1.807, 2.05) is 0 Å². The van der Waals surface area contributed by atoms with Crippen molar-refractivity contribution in [1.82, 2.24) is 4.90 Å². The number of rotatable bonds is 6. The highest BCUT2D eigenvalue weighted by atomic mass is 79.9. The van der Waals surface area contributed by atoms with Crippen LogP contribution in [0.2, 0.25) is 0 Å². The Morgan fingerprint density at radius 2 is 1.83 bits per heavy atom. The van der Waals surface area contributed by atoms with E-state index >= 15 is 0 Å². The quantitative estimate of drug-likeness (QED) is 0.732. The Morgan fingerprint density at radius 1 is 1.26 bits per heavy atom. The molecule has 0 saturated carbocycles. The topological polar surface area (TPSA) is 87.1 Å². The van der Waals surface area contributed by atoms with Crippen LogP contribution in [0.25, 0.3) is 0 Å².